The first-order chi connectivity index (χ1) is 22.0. The number of carbonyl (C=O) groups excluding carboxylic acids is 1. The number of carbonyl (C=O) groups is 1. The lowest BCUT2D eigenvalue weighted by Crippen LogP contribution is -2.38. The van der Waals surface area contributed by atoms with E-state index in [1.807, 2.05) is 91.0 Å². The molecule has 228 valence electrons. The molecule has 2 heterocycles. The van der Waals surface area contributed by atoms with Crippen molar-refractivity contribution in [2.75, 3.05) is 19.0 Å². The quantitative estimate of drug-likeness (QED) is 0.212. The highest BCUT2D eigenvalue weighted by Gasteiger charge is 2.42. The maximum Gasteiger partial charge on any atom is 0.351 e. The molecule has 9 nitrogen and oxygen atoms in total. The molecule has 1 aromatic heterocycles. The number of anilines is 1. The van der Waals surface area contributed by atoms with E-state index < -0.39 is 29.7 Å². The third kappa shape index (κ3) is 6.28. The van der Waals surface area contributed by atoms with Crippen molar-refractivity contribution in [3.63, 3.8) is 0 Å². The van der Waals surface area contributed by atoms with E-state index in [0.29, 0.717) is 5.56 Å². The van der Waals surface area contributed by atoms with Crippen LogP contribution in [-0.4, -0.2) is 46.5 Å². The van der Waals surface area contributed by atoms with Gasteiger partial charge in [-0.3, -0.25) is 9.36 Å². The first-order valence-electron chi connectivity index (χ1n) is 14.7. The van der Waals surface area contributed by atoms with Crippen LogP contribution in [0.2, 0.25) is 0 Å². The summed E-state index contributed by atoms with van der Waals surface area (Å²) < 4.78 is 19.8. The lowest BCUT2D eigenvalue weighted by atomic mass is 9.80. The van der Waals surface area contributed by atoms with Gasteiger partial charge in [0.2, 0.25) is 0 Å². The minimum absolute atomic E-state index is 0.0287. The lowest BCUT2D eigenvalue weighted by molar-refractivity contribution is -0.0944. The zero-order chi connectivity index (χ0) is 31.2. The zero-order valence-corrected chi connectivity index (χ0v) is 24.7. The van der Waals surface area contributed by atoms with Gasteiger partial charge in [0.1, 0.15) is 29.5 Å². The van der Waals surface area contributed by atoms with E-state index in [0.717, 1.165) is 22.4 Å². The van der Waals surface area contributed by atoms with Crippen molar-refractivity contribution in [2.24, 2.45) is 0 Å². The summed E-state index contributed by atoms with van der Waals surface area (Å²) in [5.41, 5.74) is 1.48. The molecule has 0 aliphatic carbocycles. The van der Waals surface area contributed by atoms with Crippen molar-refractivity contribution in [1.29, 1.82) is 0 Å². The molecule has 3 atom stereocenters. The number of methoxy groups -OCH3 is 1. The molecule has 1 fully saturated rings. The van der Waals surface area contributed by atoms with Crippen LogP contribution in [0, 0.1) is 0 Å². The van der Waals surface area contributed by atoms with Gasteiger partial charge in [0, 0.05) is 18.2 Å². The Morgan fingerprint density at radius 1 is 0.889 bits per heavy atom. The molecule has 45 heavy (non-hydrogen) atoms. The predicted octanol–water partition coefficient (Wildman–Crippen LogP) is 5.16. The van der Waals surface area contributed by atoms with Gasteiger partial charge in [0.05, 0.1) is 19.8 Å². The predicted molar refractivity (Wildman–Crippen MR) is 169 cm³/mol. The molecule has 6 rings (SSSR count). The van der Waals surface area contributed by atoms with Crippen LogP contribution in [0.15, 0.2) is 132 Å². The first kappa shape index (κ1) is 30.0. The number of aromatic nitrogens is 2. The van der Waals surface area contributed by atoms with Crippen LogP contribution in [-0.2, 0) is 15.1 Å². The van der Waals surface area contributed by atoms with Crippen molar-refractivity contribution in [2.45, 2.75) is 30.5 Å². The summed E-state index contributed by atoms with van der Waals surface area (Å²) in [5.74, 6) is 0.469. The Balaban J connectivity index is 1.25. The van der Waals surface area contributed by atoms with Crippen LogP contribution in [0.5, 0.6) is 5.75 Å². The third-order valence-corrected chi connectivity index (χ3v) is 7.94. The molecule has 1 saturated heterocycles. The maximum atomic E-state index is 13.0. The van der Waals surface area contributed by atoms with Crippen molar-refractivity contribution in [1.82, 2.24) is 9.55 Å². The number of amides is 1. The summed E-state index contributed by atoms with van der Waals surface area (Å²) in [6, 6.07) is 37.7. The van der Waals surface area contributed by atoms with Gasteiger partial charge in [0.15, 0.2) is 0 Å². The summed E-state index contributed by atoms with van der Waals surface area (Å²) >= 11 is 0. The van der Waals surface area contributed by atoms with Crippen LogP contribution in [0.25, 0.3) is 0 Å². The van der Waals surface area contributed by atoms with Gasteiger partial charge in [0.25, 0.3) is 5.91 Å². The number of nitrogens with zero attached hydrogens (tertiary/aromatic N) is 2. The standard InChI is InChI=1S/C36H33N3O6/c1-43-29-19-17-28(18-20-29)36(26-13-7-3-8-14-26,27-15-9-4-10-16-27)44-24-31-30(40)23-33(45-31)39-22-21-32(38-35(39)42)37-34(41)25-11-5-2-6-12-25/h2-22,30-31,33,40H,23-24H2,1H3,(H,37,38,41,42)/t30-,31+,33+/m0/s1. The van der Waals surface area contributed by atoms with E-state index in [4.69, 9.17) is 14.2 Å². The molecule has 0 saturated carbocycles. The Morgan fingerprint density at radius 2 is 1.47 bits per heavy atom. The van der Waals surface area contributed by atoms with E-state index in [1.165, 1.54) is 16.8 Å². The Labute approximate surface area is 260 Å². The fourth-order valence-electron chi connectivity index (χ4n) is 5.64. The first-order valence-corrected chi connectivity index (χ1v) is 14.7. The van der Waals surface area contributed by atoms with E-state index in [2.05, 4.69) is 10.3 Å². The van der Waals surface area contributed by atoms with Crippen molar-refractivity contribution >= 4 is 11.7 Å². The number of hydrogen-bond acceptors (Lipinski definition) is 7. The van der Waals surface area contributed by atoms with Gasteiger partial charge in [-0.25, -0.2) is 4.79 Å². The topological polar surface area (TPSA) is 112 Å². The molecular weight excluding hydrogens is 570 g/mol. The summed E-state index contributed by atoms with van der Waals surface area (Å²) in [7, 11) is 1.62. The van der Waals surface area contributed by atoms with E-state index in [9.17, 15) is 14.7 Å². The molecule has 1 aliphatic heterocycles. The smallest absolute Gasteiger partial charge is 0.351 e. The Hall–Kier alpha value is -5.09. The highest BCUT2D eigenvalue weighted by Crippen LogP contribution is 2.42. The van der Waals surface area contributed by atoms with Gasteiger partial charge in [-0.2, -0.15) is 4.98 Å². The number of rotatable bonds is 10. The van der Waals surface area contributed by atoms with Crippen LogP contribution < -0.4 is 15.7 Å². The fourth-order valence-corrected chi connectivity index (χ4v) is 5.64. The number of benzene rings is 4. The van der Waals surface area contributed by atoms with Gasteiger partial charge in [-0.1, -0.05) is 91.0 Å². The number of aliphatic hydroxyl groups is 1. The molecular formula is C36H33N3O6. The Kier molecular flexibility index (Phi) is 8.84. The molecule has 0 radical (unpaired) electrons. The molecule has 0 spiro atoms. The molecule has 9 heteroatoms. The second-order valence-electron chi connectivity index (χ2n) is 10.7. The summed E-state index contributed by atoms with van der Waals surface area (Å²) in [4.78, 5) is 29.5. The maximum absolute atomic E-state index is 13.0. The molecule has 0 unspecified atom stereocenters. The average molecular weight is 604 g/mol. The molecule has 5 aromatic rings. The molecule has 1 amide bonds. The van der Waals surface area contributed by atoms with Crippen LogP contribution in [0.3, 0.4) is 0 Å². The van der Waals surface area contributed by atoms with Crippen LogP contribution in [0.1, 0.15) is 39.7 Å². The van der Waals surface area contributed by atoms with Gasteiger partial charge < -0.3 is 24.6 Å². The average Bonchev–Trinajstić information content (AvgIpc) is 3.46. The number of hydrogen-bond donors (Lipinski definition) is 2. The van der Waals surface area contributed by atoms with Crippen molar-refractivity contribution in [3.05, 3.63) is 160 Å². The lowest BCUT2D eigenvalue weighted by Gasteiger charge is -2.37. The summed E-state index contributed by atoms with van der Waals surface area (Å²) in [6.07, 6.45) is -0.732. The van der Waals surface area contributed by atoms with Gasteiger partial charge >= 0.3 is 5.69 Å². The van der Waals surface area contributed by atoms with Crippen LogP contribution in [0.4, 0.5) is 5.82 Å². The third-order valence-electron chi connectivity index (χ3n) is 7.94. The van der Waals surface area contributed by atoms with E-state index >= 15 is 0 Å². The largest absolute Gasteiger partial charge is 0.497 e. The second kappa shape index (κ2) is 13.3. The fraction of sp³-hybridized carbons (Fsp3) is 0.194. The number of ether oxygens (including phenoxy) is 3. The van der Waals surface area contributed by atoms with Crippen LogP contribution >= 0.6 is 0 Å². The number of aliphatic hydroxyl groups excluding tert-OH is 1. The highest BCUT2D eigenvalue weighted by atomic mass is 16.6. The van der Waals surface area contributed by atoms with Gasteiger partial charge in [-0.05, 0) is 47.0 Å². The van der Waals surface area contributed by atoms with Crippen molar-refractivity contribution < 1.29 is 24.1 Å². The van der Waals surface area contributed by atoms with E-state index in [1.54, 1.807) is 31.4 Å². The molecule has 4 aromatic carbocycles. The number of nitrogens with one attached hydrogen (secondary N) is 1. The molecule has 1 aliphatic rings. The highest BCUT2D eigenvalue weighted by molar-refractivity contribution is 6.03. The minimum atomic E-state index is -1.03. The monoisotopic (exact) mass is 603 g/mol. The molecule has 0 bridgehead atoms. The Morgan fingerprint density at radius 3 is 2.04 bits per heavy atom. The second-order valence-corrected chi connectivity index (χ2v) is 10.7. The van der Waals surface area contributed by atoms with Gasteiger partial charge in [-0.15, -0.1) is 0 Å². The minimum Gasteiger partial charge on any atom is -0.497 e. The van der Waals surface area contributed by atoms with Crippen molar-refractivity contribution in [3.8, 4) is 5.75 Å². The summed E-state index contributed by atoms with van der Waals surface area (Å²) in [6.45, 7) is 0.0287. The zero-order valence-electron chi connectivity index (χ0n) is 24.7. The Bertz CT molecular complexity index is 1740. The normalized spacial score (nSPS) is 18.0. The molecule has 2 N–H and O–H groups in total. The van der Waals surface area contributed by atoms with E-state index in [-0.39, 0.29) is 24.8 Å². The summed E-state index contributed by atoms with van der Waals surface area (Å²) in [5, 5.41) is 13.7. The SMILES string of the molecule is COc1ccc(C(OC[C@H]2O[C@@H](n3ccc(NC(=O)c4ccccc4)nc3=O)C[C@@H]2O)(c2ccccc2)c2ccccc2)cc1.